The van der Waals surface area contributed by atoms with Crippen molar-refractivity contribution in [3.05, 3.63) is 35.1 Å². The van der Waals surface area contributed by atoms with E-state index in [1.807, 2.05) is 6.07 Å². The second-order valence-corrected chi connectivity index (χ2v) is 4.57. The summed E-state index contributed by atoms with van der Waals surface area (Å²) in [6.45, 7) is 1.47. The van der Waals surface area contributed by atoms with Gasteiger partial charge < -0.3 is 14.4 Å². The molecule has 0 saturated carbocycles. The third-order valence-corrected chi connectivity index (χ3v) is 2.83. The molecule has 1 unspecified atom stereocenters. The van der Waals surface area contributed by atoms with Crippen LogP contribution in [0.2, 0.25) is 0 Å². The standard InChI is InChI=1S/C12H10BrNO4/c1-7(12(15)16)18-11-3-2-9(13)4-10(11)8-5-14-17-6-8/h2-7H,1H3,(H,15,16). The maximum Gasteiger partial charge on any atom is 0.344 e. The van der Waals surface area contributed by atoms with Gasteiger partial charge in [-0.15, -0.1) is 0 Å². The van der Waals surface area contributed by atoms with E-state index in [9.17, 15) is 4.79 Å². The third-order valence-electron chi connectivity index (χ3n) is 2.34. The lowest BCUT2D eigenvalue weighted by molar-refractivity contribution is -0.144. The highest BCUT2D eigenvalue weighted by Crippen LogP contribution is 2.33. The average Bonchev–Trinajstić information content (AvgIpc) is 2.84. The Morgan fingerprint density at radius 2 is 2.33 bits per heavy atom. The number of hydrogen-bond acceptors (Lipinski definition) is 4. The number of aliphatic carboxylic acids is 1. The number of ether oxygens (including phenoxy) is 1. The molecule has 0 radical (unpaired) electrons. The van der Waals surface area contributed by atoms with E-state index in [2.05, 4.69) is 21.1 Å². The van der Waals surface area contributed by atoms with Gasteiger partial charge in [-0.25, -0.2) is 4.79 Å². The van der Waals surface area contributed by atoms with Crippen LogP contribution in [0.4, 0.5) is 0 Å². The Labute approximate surface area is 111 Å². The molecule has 1 aromatic heterocycles. The van der Waals surface area contributed by atoms with Crippen molar-refractivity contribution in [1.29, 1.82) is 0 Å². The highest BCUT2D eigenvalue weighted by atomic mass is 79.9. The number of carbonyl (C=O) groups is 1. The molecule has 0 aliphatic heterocycles. The Hall–Kier alpha value is -1.82. The van der Waals surface area contributed by atoms with Crippen LogP contribution in [0.3, 0.4) is 0 Å². The molecule has 0 amide bonds. The van der Waals surface area contributed by atoms with E-state index in [4.69, 9.17) is 14.4 Å². The summed E-state index contributed by atoms with van der Waals surface area (Å²) in [4.78, 5) is 10.8. The summed E-state index contributed by atoms with van der Waals surface area (Å²) in [6.07, 6.45) is 2.09. The smallest absolute Gasteiger partial charge is 0.344 e. The van der Waals surface area contributed by atoms with Crippen molar-refractivity contribution in [2.45, 2.75) is 13.0 Å². The molecule has 1 atom stereocenters. The van der Waals surface area contributed by atoms with Crippen molar-refractivity contribution in [2.24, 2.45) is 0 Å². The van der Waals surface area contributed by atoms with Gasteiger partial charge in [0, 0.05) is 15.6 Å². The van der Waals surface area contributed by atoms with Crippen LogP contribution in [0.1, 0.15) is 6.92 Å². The topological polar surface area (TPSA) is 72.6 Å². The number of hydrogen-bond donors (Lipinski definition) is 1. The molecule has 18 heavy (non-hydrogen) atoms. The molecule has 0 aliphatic carbocycles. The van der Waals surface area contributed by atoms with Crippen LogP contribution >= 0.6 is 15.9 Å². The number of aromatic nitrogens is 1. The van der Waals surface area contributed by atoms with Crippen molar-refractivity contribution in [3.8, 4) is 16.9 Å². The zero-order chi connectivity index (χ0) is 13.1. The van der Waals surface area contributed by atoms with Gasteiger partial charge in [-0.3, -0.25) is 0 Å². The first kappa shape index (κ1) is 12.6. The van der Waals surface area contributed by atoms with Gasteiger partial charge in [0.2, 0.25) is 0 Å². The quantitative estimate of drug-likeness (QED) is 0.939. The predicted molar refractivity (Wildman–Crippen MR) is 67.4 cm³/mol. The molecule has 0 spiro atoms. The number of halogens is 1. The lowest BCUT2D eigenvalue weighted by atomic mass is 10.1. The highest BCUT2D eigenvalue weighted by Gasteiger charge is 2.16. The molecule has 1 aromatic carbocycles. The molecule has 94 valence electrons. The van der Waals surface area contributed by atoms with Crippen LogP contribution < -0.4 is 4.74 Å². The fourth-order valence-electron chi connectivity index (χ4n) is 1.41. The van der Waals surface area contributed by atoms with E-state index in [0.717, 1.165) is 15.6 Å². The van der Waals surface area contributed by atoms with Gasteiger partial charge in [0.25, 0.3) is 0 Å². The number of carboxylic acid groups (broad SMARTS) is 1. The number of nitrogens with zero attached hydrogens (tertiary/aromatic N) is 1. The zero-order valence-electron chi connectivity index (χ0n) is 9.46. The third kappa shape index (κ3) is 2.70. The number of rotatable bonds is 4. The molecule has 0 fully saturated rings. The SMILES string of the molecule is CC(Oc1ccc(Br)cc1-c1cnoc1)C(=O)O. The summed E-state index contributed by atoms with van der Waals surface area (Å²) in [5.41, 5.74) is 1.45. The molecule has 1 N–H and O–H groups in total. The molecule has 0 saturated heterocycles. The Balaban J connectivity index is 2.38. The van der Waals surface area contributed by atoms with E-state index in [-0.39, 0.29) is 0 Å². The second-order valence-electron chi connectivity index (χ2n) is 3.65. The zero-order valence-corrected chi connectivity index (χ0v) is 11.0. The fourth-order valence-corrected chi connectivity index (χ4v) is 1.77. The summed E-state index contributed by atoms with van der Waals surface area (Å²) in [5.74, 6) is -0.550. The largest absolute Gasteiger partial charge is 0.479 e. The lowest BCUT2D eigenvalue weighted by Crippen LogP contribution is -2.23. The Morgan fingerprint density at radius 1 is 1.56 bits per heavy atom. The molecule has 6 heteroatoms. The van der Waals surface area contributed by atoms with E-state index in [0.29, 0.717) is 5.75 Å². The lowest BCUT2D eigenvalue weighted by Gasteiger charge is -2.13. The van der Waals surface area contributed by atoms with Gasteiger partial charge in [-0.2, -0.15) is 0 Å². The molecule has 5 nitrogen and oxygen atoms in total. The van der Waals surface area contributed by atoms with Gasteiger partial charge in [0.05, 0.1) is 6.20 Å². The minimum atomic E-state index is -1.02. The van der Waals surface area contributed by atoms with Crippen LogP contribution in [-0.2, 0) is 4.79 Å². The maximum absolute atomic E-state index is 10.8. The second kappa shape index (κ2) is 5.22. The molecular formula is C12H10BrNO4. The highest BCUT2D eigenvalue weighted by molar-refractivity contribution is 9.10. The van der Waals surface area contributed by atoms with Gasteiger partial charge >= 0.3 is 5.97 Å². The normalized spacial score (nSPS) is 12.1. The Kier molecular flexibility index (Phi) is 3.66. The van der Waals surface area contributed by atoms with Gasteiger partial charge in [0.1, 0.15) is 12.0 Å². The van der Waals surface area contributed by atoms with E-state index >= 15 is 0 Å². The van der Waals surface area contributed by atoms with Crippen LogP contribution in [0.15, 0.2) is 39.7 Å². The van der Waals surface area contributed by atoms with E-state index in [1.54, 1.807) is 18.3 Å². The monoisotopic (exact) mass is 311 g/mol. The first-order chi connectivity index (χ1) is 8.58. The summed E-state index contributed by atoms with van der Waals surface area (Å²) in [6, 6.07) is 5.29. The van der Waals surface area contributed by atoms with Gasteiger partial charge in [-0.1, -0.05) is 21.1 Å². The first-order valence-corrected chi connectivity index (χ1v) is 5.96. The van der Waals surface area contributed by atoms with Crippen molar-refractivity contribution in [1.82, 2.24) is 5.16 Å². The van der Waals surface area contributed by atoms with Crippen LogP contribution in [-0.4, -0.2) is 22.3 Å². The summed E-state index contributed by atoms with van der Waals surface area (Å²) in [7, 11) is 0. The first-order valence-electron chi connectivity index (χ1n) is 5.16. The van der Waals surface area contributed by atoms with Crippen molar-refractivity contribution in [2.75, 3.05) is 0 Å². The molecule has 2 rings (SSSR count). The predicted octanol–water partition coefficient (Wildman–Crippen LogP) is 2.96. The molecule has 2 aromatic rings. The summed E-state index contributed by atoms with van der Waals surface area (Å²) >= 11 is 3.35. The van der Waals surface area contributed by atoms with Crippen molar-refractivity contribution >= 4 is 21.9 Å². The Bertz CT molecular complexity index is 553. The van der Waals surface area contributed by atoms with E-state index < -0.39 is 12.1 Å². The summed E-state index contributed by atoms with van der Waals surface area (Å²) in [5, 5.41) is 12.5. The van der Waals surface area contributed by atoms with Crippen LogP contribution in [0, 0.1) is 0 Å². The van der Waals surface area contributed by atoms with E-state index in [1.165, 1.54) is 13.2 Å². The Morgan fingerprint density at radius 3 is 2.94 bits per heavy atom. The van der Waals surface area contributed by atoms with Crippen molar-refractivity contribution < 1.29 is 19.2 Å². The molecule has 1 heterocycles. The molecular weight excluding hydrogens is 302 g/mol. The van der Waals surface area contributed by atoms with Gasteiger partial charge in [-0.05, 0) is 25.1 Å². The van der Waals surface area contributed by atoms with Gasteiger partial charge in [0.15, 0.2) is 6.10 Å². The average molecular weight is 312 g/mol. The van der Waals surface area contributed by atoms with Crippen LogP contribution in [0.25, 0.3) is 11.1 Å². The molecule has 0 bridgehead atoms. The van der Waals surface area contributed by atoms with Crippen molar-refractivity contribution in [3.63, 3.8) is 0 Å². The maximum atomic E-state index is 10.8. The minimum Gasteiger partial charge on any atom is -0.479 e. The number of carboxylic acids is 1. The minimum absolute atomic E-state index is 0.469. The fraction of sp³-hybridized carbons (Fsp3) is 0.167. The van der Waals surface area contributed by atoms with Crippen LogP contribution in [0.5, 0.6) is 5.75 Å². The number of benzene rings is 1. The summed E-state index contributed by atoms with van der Waals surface area (Å²) < 4.78 is 11.0. The molecule has 0 aliphatic rings.